The molecule has 0 atom stereocenters. The van der Waals surface area contributed by atoms with Gasteiger partial charge in [-0.2, -0.15) is 0 Å². The lowest BCUT2D eigenvalue weighted by Gasteiger charge is -2.33. The monoisotopic (exact) mass is 487 g/mol. The molecule has 4 rings (SSSR count). The molecular weight excluding hydrogens is 450 g/mol. The zero-order chi connectivity index (χ0) is 26.1. The molecule has 1 aromatic carbocycles. The maximum Gasteiger partial charge on any atom is 0.255 e. The Morgan fingerprint density at radius 2 is 1.83 bits per heavy atom. The van der Waals surface area contributed by atoms with Gasteiger partial charge in [0.25, 0.3) is 5.91 Å². The van der Waals surface area contributed by atoms with Crippen molar-refractivity contribution in [3.05, 3.63) is 65.0 Å². The minimum Gasteiger partial charge on any atom is -0.350 e. The van der Waals surface area contributed by atoms with Gasteiger partial charge in [0, 0.05) is 41.8 Å². The van der Waals surface area contributed by atoms with E-state index in [1.807, 2.05) is 26.0 Å². The number of nitrogens with zero attached hydrogens (tertiary/aromatic N) is 3. The number of hydrogen-bond acceptors (Lipinski definition) is 7. The Morgan fingerprint density at radius 3 is 2.56 bits per heavy atom. The highest BCUT2D eigenvalue weighted by Crippen LogP contribution is 2.32. The third kappa shape index (κ3) is 5.82. The summed E-state index contributed by atoms with van der Waals surface area (Å²) in [7, 11) is 0. The summed E-state index contributed by atoms with van der Waals surface area (Å²) in [6.45, 7) is 16.4. The number of carbonyl (C=O) groups is 1. The SMILES string of the molecule is CC(C)NC(=O)c1ccc(Nc2ccc3c(c2)CNCC3(C)C)nc1Nc1nccc(C(C)(C)C)n1. The van der Waals surface area contributed by atoms with Crippen molar-refractivity contribution >= 4 is 29.2 Å². The second-order valence-electron chi connectivity index (χ2n) is 11.3. The molecule has 0 aliphatic carbocycles. The fraction of sp³-hybridized carbons (Fsp3) is 0.429. The molecule has 0 bridgehead atoms. The van der Waals surface area contributed by atoms with Gasteiger partial charge >= 0.3 is 0 Å². The summed E-state index contributed by atoms with van der Waals surface area (Å²) in [4.78, 5) is 26.7. The van der Waals surface area contributed by atoms with Crippen molar-refractivity contribution in [1.29, 1.82) is 0 Å². The van der Waals surface area contributed by atoms with E-state index in [0.717, 1.165) is 24.5 Å². The Kier molecular flexibility index (Phi) is 7.00. The van der Waals surface area contributed by atoms with E-state index in [2.05, 4.69) is 84.1 Å². The molecule has 0 radical (unpaired) electrons. The van der Waals surface area contributed by atoms with E-state index in [-0.39, 0.29) is 22.8 Å². The number of anilines is 4. The van der Waals surface area contributed by atoms with Crippen molar-refractivity contribution in [2.24, 2.45) is 0 Å². The number of amides is 1. The molecule has 3 aromatic rings. The van der Waals surface area contributed by atoms with Crippen LogP contribution < -0.4 is 21.3 Å². The smallest absolute Gasteiger partial charge is 0.255 e. The van der Waals surface area contributed by atoms with E-state index in [1.54, 1.807) is 12.3 Å². The standard InChI is InChI=1S/C28H37N7O/c1-17(2)31-25(36)20-9-11-23(32-19-8-10-21-18(14-19)15-29-16-28(21,6)7)34-24(20)35-26-30-13-12-22(33-26)27(3,4)5/h8-14,17,29H,15-16H2,1-7H3,(H,31,36)(H2,30,32,33,34,35). The summed E-state index contributed by atoms with van der Waals surface area (Å²) in [5.74, 6) is 1.20. The highest BCUT2D eigenvalue weighted by atomic mass is 16.1. The summed E-state index contributed by atoms with van der Waals surface area (Å²) in [6, 6.07) is 11.9. The van der Waals surface area contributed by atoms with Crippen LogP contribution in [0, 0.1) is 0 Å². The van der Waals surface area contributed by atoms with Gasteiger partial charge in [-0.15, -0.1) is 0 Å². The molecule has 1 aliphatic heterocycles. The molecular formula is C28H37N7O. The van der Waals surface area contributed by atoms with Crippen molar-refractivity contribution in [3.63, 3.8) is 0 Å². The molecule has 1 amide bonds. The second-order valence-corrected chi connectivity index (χ2v) is 11.3. The highest BCUT2D eigenvalue weighted by Gasteiger charge is 2.27. The molecule has 0 saturated heterocycles. The average molecular weight is 488 g/mol. The van der Waals surface area contributed by atoms with E-state index < -0.39 is 0 Å². The van der Waals surface area contributed by atoms with Gasteiger partial charge in [-0.1, -0.05) is 40.7 Å². The minimum atomic E-state index is -0.208. The average Bonchev–Trinajstić information content (AvgIpc) is 2.78. The van der Waals surface area contributed by atoms with Crippen LogP contribution in [0.15, 0.2) is 42.6 Å². The molecule has 36 heavy (non-hydrogen) atoms. The number of fused-ring (bicyclic) bond motifs is 1. The van der Waals surface area contributed by atoms with Crippen molar-refractivity contribution in [3.8, 4) is 0 Å². The first kappa shape index (κ1) is 25.6. The summed E-state index contributed by atoms with van der Waals surface area (Å²) in [5.41, 5.74) is 4.85. The van der Waals surface area contributed by atoms with Crippen molar-refractivity contribution in [2.75, 3.05) is 17.2 Å². The van der Waals surface area contributed by atoms with Gasteiger partial charge in [-0.3, -0.25) is 4.79 Å². The zero-order valence-electron chi connectivity index (χ0n) is 22.3. The van der Waals surface area contributed by atoms with Crippen LogP contribution in [0.2, 0.25) is 0 Å². The fourth-order valence-corrected chi connectivity index (χ4v) is 4.32. The van der Waals surface area contributed by atoms with Crippen LogP contribution in [-0.2, 0) is 17.4 Å². The molecule has 0 unspecified atom stereocenters. The molecule has 2 aromatic heterocycles. The Balaban J connectivity index is 1.66. The fourth-order valence-electron chi connectivity index (χ4n) is 4.32. The van der Waals surface area contributed by atoms with Crippen LogP contribution in [0.3, 0.4) is 0 Å². The van der Waals surface area contributed by atoms with Gasteiger partial charge in [-0.05, 0) is 55.3 Å². The normalized spacial score (nSPS) is 14.8. The van der Waals surface area contributed by atoms with Crippen LogP contribution in [0.1, 0.15) is 75.6 Å². The first-order valence-electron chi connectivity index (χ1n) is 12.5. The predicted octanol–water partition coefficient (Wildman–Crippen LogP) is 5.18. The second kappa shape index (κ2) is 9.85. The quantitative estimate of drug-likeness (QED) is 0.380. The van der Waals surface area contributed by atoms with E-state index in [1.165, 1.54) is 11.1 Å². The van der Waals surface area contributed by atoms with Crippen LogP contribution in [0.5, 0.6) is 0 Å². The molecule has 1 aliphatic rings. The Hall–Kier alpha value is -3.52. The van der Waals surface area contributed by atoms with E-state index in [9.17, 15) is 4.79 Å². The lowest BCUT2D eigenvalue weighted by Crippen LogP contribution is -2.38. The zero-order valence-corrected chi connectivity index (χ0v) is 22.3. The third-order valence-corrected chi connectivity index (χ3v) is 6.20. The van der Waals surface area contributed by atoms with Crippen molar-refractivity contribution < 1.29 is 4.79 Å². The highest BCUT2D eigenvalue weighted by molar-refractivity contribution is 5.99. The van der Waals surface area contributed by atoms with Crippen molar-refractivity contribution in [2.45, 2.75) is 71.9 Å². The maximum atomic E-state index is 12.9. The number of nitrogens with one attached hydrogen (secondary N) is 4. The maximum absolute atomic E-state index is 12.9. The minimum absolute atomic E-state index is 0.00280. The number of hydrogen-bond donors (Lipinski definition) is 4. The van der Waals surface area contributed by atoms with E-state index >= 15 is 0 Å². The van der Waals surface area contributed by atoms with Gasteiger partial charge in [0.15, 0.2) is 0 Å². The van der Waals surface area contributed by atoms with Crippen LogP contribution in [0.4, 0.5) is 23.3 Å². The Bertz CT molecular complexity index is 1260. The topological polar surface area (TPSA) is 104 Å². The molecule has 0 fully saturated rings. The predicted molar refractivity (Wildman–Crippen MR) is 145 cm³/mol. The van der Waals surface area contributed by atoms with E-state index in [4.69, 9.17) is 4.98 Å². The third-order valence-electron chi connectivity index (χ3n) is 6.20. The number of rotatable bonds is 6. The number of benzene rings is 1. The summed E-state index contributed by atoms with van der Waals surface area (Å²) in [6.07, 6.45) is 1.72. The molecule has 0 saturated carbocycles. The lowest BCUT2D eigenvalue weighted by molar-refractivity contribution is 0.0943. The first-order valence-corrected chi connectivity index (χ1v) is 12.5. The molecule has 8 nitrogen and oxygen atoms in total. The van der Waals surface area contributed by atoms with Gasteiger partial charge in [0.2, 0.25) is 5.95 Å². The molecule has 4 N–H and O–H groups in total. The van der Waals surface area contributed by atoms with Crippen LogP contribution in [-0.4, -0.2) is 33.4 Å². The molecule has 3 heterocycles. The Morgan fingerprint density at radius 1 is 1.06 bits per heavy atom. The molecule has 0 spiro atoms. The van der Waals surface area contributed by atoms with Gasteiger partial charge < -0.3 is 21.3 Å². The number of carbonyl (C=O) groups excluding carboxylic acids is 1. The summed E-state index contributed by atoms with van der Waals surface area (Å²) >= 11 is 0. The largest absolute Gasteiger partial charge is 0.350 e. The lowest BCUT2D eigenvalue weighted by atomic mass is 9.79. The number of aromatic nitrogens is 3. The van der Waals surface area contributed by atoms with Crippen LogP contribution in [0.25, 0.3) is 0 Å². The molecule has 8 heteroatoms. The van der Waals surface area contributed by atoms with Gasteiger partial charge in [0.05, 0.1) is 11.3 Å². The van der Waals surface area contributed by atoms with Gasteiger partial charge in [0.1, 0.15) is 11.6 Å². The van der Waals surface area contributed by atoms with Crippen LogP contribution >= 0.6 is 0 Å². The number of pyridine rings is 1. The van der Waals surface area contributed by atoms with Gasteiger partial charge in [-0.25, -0.2) is 15.0 Å². The van der Waals surface area contributed by atoms with E-state index in [0.29, 0.717) is 23.1 Å². The summed E-state index contributed by atoms with van der Waals surface area (Å²) < 4.78 is 0. The Labute approximate surface area is 213 Å². The van der Waals surface area contributed by atoms with Crippen molar-refractivity contribution in [1.82, 2.24) is 25.6 Å². The summed E-state index contributed by atoms with van der Waals surface area (Å²) in [5, 5.41) is 13.0. The first-order chi connectivity index (χ1) is 16.9. The molecule has 190 valence electrons.